The molecule has 1 aromatic carbocycles. The fraction of sp³-hybridized carbons (Fsp3) is 0.0714. The Kier molecular flexibility index (Phi) is 2.69. The number of hydrogen-bond donors (Lipinski definition) is 1. The van der Waals surface area contributed by atoms with Crippen LogP contribution in [0.25, 0.3) is 0 Å². The largest absolute Gasteiger partial charge is 0.365 e. The number of aryl methyl sites for hydroxylation is 1. The zero-order valence-electron chi connectivity index (χ0n) is 10.5. The highest BCUT2D eigenvalue weighted by molar-refractivity contribution is 7.15. The molecule has 1 aliphatic rings. The summed E-state index contributed by atoms with van der Waals surface area (Å²) in [7, 11) is 0. The third-order valence-corrected chi connectivity index (χ3v) is 4.28. The van der Waals surface area contributed by atoms with Crippen LogP contribution in [0, 0.1) is 6.92 Å². The van der Waals surface area contributed by atoms with E-state index in [1.54, 1.807) is 36.6 Å². The van der Waals surface area contributed by atoms with E-state index in [2.05, 4.69) is 0 Å². The highest BCUT2D eigenvalue weighted by Gasteiger charge is 2.39. The molecule has 0 unspecified atom stereocenters. The van der Waals surface area contributed by atoms with Crippen LogP contribution >= 0.6 is 11.3 Å². The van der Waals surface area contributed by atoms with E-state index in [9.17, 15) is 14.4 Å². The van der Waals surface area contributed by atoms with Gasteiger partial charge >= 0.3 is 0 Å². The number of rotatable bonds is 2. The van der Waals surface area contributed by atoms with Crippen molar-refractivity contribution in [2.75, 3.05) is 4.90 Å². The average molecular weight is 286 g/mol. The van der Waals surface area contributed by atoms with Crippen molar-refractivity contribution in [2.24, 2.45) is 5.73 Å². The third-order valence-electron chi connectivity index (χ3n) is 3.20. The van der Waals surface area contributed by atoms with E-state index in [1.807, 2.05) is 0 Å². The lowest BCUT2D eigenvalue weighted by molar-refractivity contribution is 0.0927. The van der Waals surface area contributed by atoms with Crippen molar-refractivity contribution in [3.63, 3.8) is 0 Å². The fourth-order valence-electron chi connectivity index (χ4n) is 2.27. The van der Waals surface area contributed by atoms with Crippen molar-refractivity contribution in [1.29, 1.82) is 0 Å². The Bertz CT molecular complexity index is 729. The van der Waals surface area contributed by atoms with Gasteiger partial charge in [0.2, 0.25) is 0 Å². The van der Waals surface area contributed by atoms with Crippen molar-refractivity contribution < 1.29 is 14.4 Å². The van der Waals surface area contributed by atoms with Gasteiger partial charge in [0.1, 0.15) is 5.00 Å². The number of thiophene rings is 1. The minimum atomic E-state index is -0.643. The molecule has 100 valence electrons. The molecular formula is C14H10N2O3S. The first-order chi connectivity index (χ1) is 9.52. The van der Waals surface area contributed by atoms with Gasteiger partial charge < -0.3 is 5.73 Å². The highest BCUT2D eigenvalue weighted by atomic mass is 32.1. The smallest absolute Gasteiger partial charge is 0.266 e. The Labute approximate surface area is 118 Å². The zero-order valence-corrected chi connectivity index (χ0v) is 11.4. The number of fused-ring (bicyclic) bond motifs is 1. The molecule has 0 fully saturated rings. The van der Waals surface area contributed by atoms with Crippen LogP contribution in [-0.2, 0) is 0 Å². The lowest BCUT2D eigenvalue weighted by atomic mass is 10.1. The van der Waals surface area contributed by atoms with Crippen LogP contribution in [0.15, 0.2) is 29.6 Å². The molecular weight excluding hydrogens is 276 g/mol. The number of nitrogens with two attached hydrogens (primary N) is 1. The molecule has 0 radical (unpaired) electrons. The van der Waals surface area contributed by atoms with E-state index in [0.717, 1.165) is 16.2 Å². The normalized spacial score (nSPS) is 13.8. The van der Waals surface area contributed by atoms with Gasteiger partial charge in [0, 0.05) is 0 Å². The maximum atomic E-state index is 12.4. The molecule has 1 aromatic heterocycles. The monoisotopic (exact) mass is 286 g/mol. The van der Waals surface area contributed by atoms with Gasteiger partial charge in [-0.3, -0.25) is 14.4 Å². The number of imide groups is 1. The molecule has 2 aromatic rings. The predicted molar refractivity (Wildman–Crippen MR) is 75.2 cm³/mol. The van der Waals surface area contributed by atoms with Crippen LogP contribution in [0.5, 0.6) is 0 Å². The Hall–Kier alpha value is -2.47. The second-order valence-corrected chi connectivity index (χ2v) is 5.31. The molecule has 1 aliphatic heterocycles. The van der Waals surface area contributed by atoms with Crippen molar-refractivity contribution >= 4 is 34.1 Å². The van der Waals surface area contributed by atoms with E-state index < -0.39 is 17.7 Å². The Balaban J connectivity index is 2.17. The number of primary amides is 1. The van der Waals surface area contributed by atoms with Crippen molar-refractivity contribution in [3.8, 4) is 0 Å². The van der Waals surface area contributed by atoms with Crippen LogP contribution in [0.4, 0.5) is 5.00 Å². The lowest BCUT2D eigenvalue weighted by Gasteiger charge is -2.13. The number of nitrogens with zero attached hydrogens (tertiary/aromatic N) is 1. The number of anilines is 1. The van der Waals surface area contributed by atoms with Gasteiger partial charge in [0.05, 0.1) is 16.7 Å². The number of hydrogen-bond acceptors (Lipinski definition) is 4. The zero-order chi connectivity index (χ0) is 14.4. The van der Waals surface area contributed by atoms with Gasteiger partial charge in [-0.25, -0.2) is 4.90 Å². The van der Waals surface area contributed by atoms with E-state index in [-0.39, 0.29) is 5.56 Å². The number of benzene rings is 1. The first kappa shape index (κ1) is 12.6. The quantitative estimate of drug-likeness (QED) is 0.857. The minimum Gasteiger partial charge on any atom is -0.365 e. The lowest BCUT2D eigenvalue weighted by Crippen LogP contribution is -2.30. The second-order valence-electron chi connectivity index (χ2n) is 4.45. The summed E-state index contributed by atoms with van der Waals surface area (Å²) in [6.07, 6.45) is 0. The molecule has 20 heavy (non-hydrogen) atoms. The van der Waals surface area contributed by atoms with Crippen LogP contribution in [0.3, 0.4) is 0 Å². The van der Waals surface area contributed by atoms with Gasteiger partial charge in [-0.2, -0.15) is 0 Å². The molecule has 0 atom stereocenters. The molecule has 3 amide bonds. The summed E-state index contributed by atoms with van der Waals surface area (Å²) in [4.78, 5) is 37.3. The first-order valence-electron chi connectivity index (χ1n) is 5.88. The highest BCUT2D eigenvalue weighted by Crippen LogP contribution is 2.36. The summed E-state index contributed by atoms with van der Waals surface area (Å²) in [6.45, 7) is 1.72. The molecule has 0 bridgehead atoms. The van der Waals surface area contributed by atoms with Gasteiger partial charge in [-0.05, 0) is 30.0 Å². The van der Waals surface area contributed by atoms with Gasteiger partial charge in [0.25, 0.3) is 17.7 Å². The molecule has 5 nitrogen and oxygen atoms in total. The summed E-state index contributed by atoms with van der Waals surface area (Å²) in [6, 6.07) is 6.59. The minimum absolute atomic E-state index is 0.226. The molecule has 3 rings (SSSR count). The van der Waals surface area contributed by atoms with E-state index in [0.29, 0.717) is 21.7 Å². The summed E-state index contributed by atoms with van der Waals surface area (Å²) in [5.41, 5.74) is 6.92. The van der Waals surface area contributed by atoms with Crippen molar-refractivity contribution in [1.82, 2.24) is 0 Å². The topological polar surface area (TPSA) is 80.5 Å². The predicted octanol–water partition coefficient (Wildman–Crippen LogP) is 1.96. The van der Waals surface area contributed by atoms with Crippen LogP contribution < -0.4 is 10.6 Å². The maximum absolute atomic E-state index is 12.4. The van der Waals surface area contributed by atoms with E-state index in [1.165, 1.54) is 0 Å². The van der Waals surface area contributed by atoms with Gasteiger partial charge in [-0.1, -0.05) is 12.1 Å². The Morgan fingerprint density at radius 1 is 1.15 bits per heavy atom. The maximum Gasteiger partial charge on any atom is 0.266 e. The number of carbonyl (C=O) groups excluding carboxylic acids is 3. The molecule has 0 aliphatic carbocycles. The first-order valence-corrected chi connectivity index (χ1v) is 6.76. The van der Waals surface area contributed by atoms with Crippen LogP contribution in [0.1, 0.15) is 36.6 Å². The molecule has 2 N–H and O–H groups in total. The molecule has 6 heteroatoms. The Morgan fingerprint density at radius 3 is 2.20 bits per heavy atom. The number of amides is 3. The Morgan fingerprint density at radius 2 is 1.70 bits per heavy atom. The van der Waals surface area contributed by atoms with E-state index in [4.69, 9.17) is 5.73 Å². The summed E-state index contributed by atoms with van der Waals surface area (Å²) in [5, 5.41) is 2.00. The standard InChI is InChI=1S/C14H10N2O3S/c1-7-6-20-14(10(7)11(15)17)16-12(18)8-4-2-3-5-9(8)13(16)19/h2-6H,1H3,(H2,15,17). The average Bonchev–Trinajstić information content (AvgIpc) is 2.90. The SMILES string of the molecule is Cc1csc(N2C(=O)c3ccccc3C2=O)c1C(N)=O. The van der Waals surface area contributed by atoms with Crippen molar-refractivity contribution in [2.45, 2.75) is 6.92 Å². The van der Waals surface area contributed by atoms with Crippen molar-refractivity contribution in [3.05, 3.63) is 51.9 Å². The summed E-state index contributed by atoms with van der Waals surface area (Å²) < 4.78 is 0. The van der Waals surface area contributed by atoms with Crippen LogP contribution in [-0.4, -0.2) is 17.7 Å². The van der Waals surface area contributed by atoms with Crippen LogP contribution in [0.2, 0.25) is 0 Å². The molecule has 0 saturated carbocycles. The van der Waals surface area contributed by atoms with E-state index >= 15 is 0 Å². The second kappa shape index (κ2) is 4.28. The fourth-order valence-corrected chi connectivity index (χ4v) is 3.33. The van der Waals surface area contributed by atoms with Gasteiger partial charge in [0.15, 0.2) is 0 Å². The molecule has 2 heterocycles. The third kappa shape index (κ3) is 1.58. The summed E-state index contributed by atoms with van der Waals surface area (Å²) >= 11 is 1.16. The number of carbonyl (C=O) groups is 3. The van der Waals surface area contributed by atoms with Gasteiger partial charge in [-0.15, -0.1) is 11.3 Å². The molecule has 0 saturated heterocycles. The molecule has 0 spiro atoms. The summed E-state index contributed by atoms with van der Waals surface area (Å²) in [5.74, 6) is -1.49.